The lowest BCUT2D eigenvalue weighted by Crippen LogP contribution is -2.39. The molecule has 1 saturated carbocycles. The van der Waals surface area contributed by atoms with Crippen molar-refractivity contribution >= 4 is 27.5 Å². The number of nitrogens with one attached hydrogen (secondary N) is 1. The van der Waals surface area contributed by atoms with Crippen LogP contribution in [0.15, 0.2) is 53.4 Å². The van der Waals surface area contributed by atoms with Gasteiger partial charge < -0.3 is 0 Å². The van der Waals surface area contributed by atoms with E-state index in [1.807, 2.05) is 0 Å². The Morgan fingerprint density at radius 1 is 1.09 bits per heavy atom. The molecular formula is C17H16ClNO3S. The topological polar surface area (TPSA) is 63.2 Å². The molecule has 120 valence electrons. The monoisotopic (exact) mass is 349 g/mol. The zero-order valence-corrected chi connectivity index (χ0v) is 14.1. The van der Waals surface area contributed by atoms with Crippen LogP contribution in [0, 0.1) is 6.92 Å². The average Bonchev–Trinajstić information content (AvgIpc) is 3.29. The summed E-state index contributed by atoms with van der Waals surface area (Å²) in [7, 11) is -3.88. The van der Waals surface area contributed by atoms with Gasteiger partial charge in [-0.2, -0.15) is 0 Å². The summed E-state index contributed by atoms with van der Waals surface area (Å²) in [5.41, 5.74) is 0.629. The number of aryl methyl sites for hydroxylation is 1. The molecule has 0 bridgehead atoms. The van der Waals surface area contributed by atoms with Gasteiger partial charge in [0.25, 0.3) is 10.0 Å². The van der Waals surface area contributed by atoms with Crippen LogP contribution in [0.1, 0.15) is 24.0 Å². The molecule has 2 aromatic carbocycles. The van der Waals surface area contributed by atoms with Gasteiger partial charge in [0.1, 0.15) is 0 Å². The minimum atomic E-state index is -3.88. The zero-order valence-electron chi connectivity index (χ0n) is 12.5. The Balaban J connectivity index is 1.87. The standard InChI is InChI=1S/C17H16ClNO3S/c1-12-4-2-3-5-15(12)23(21,22)19-16(20)17(10-11-17)13-6-8-14(18)9-7-13/h2-9H,10-11H2,1H3,(H,19,20). The first kappa shape index (κ1) is 16.0. The van der Waals surface area contributed by atoms with E-state index in [0.717, 1.165) is 5.56 Å². The van der Waals surface area contributed by atoms with Gasteiger partial charge in [0.2, 0.25) is 5.91 Å². The molecule has 1 aliphatic carbocycles. The number of hydrogen-bond donors (Lipinski definition) is 1. The van der Waals surface area contributed by atoms with Gasteiger partial charge in [-0.25, -0.2) is 13.1 Å². The van der Waals surface area contributed by atoms with E-state index < -0.39 is 21.3 Å². The van der Waals surface area contributed by atoms with Crippen LogP contribution in [0.25, 0.3) is 0 Å². The lowest BCUT2D eigenvalue weighted by atomic mass is 9.95. The summed E-state index contributed by atoms with van der Waals surface area (Å²) in [6.07, 6.45) is 1.26. The second-order valence-corrected chi connectivity index (χ2v) is 7.88. The van der Waals surface area contributed by atoms with E-state index in [2.05, 4.69) is 4.72 Å². The lowest BCUT2D eigenvalue weighted by molar-refractivity contribution is -0.121. The van der Waals surface area contributed by atoms with Gasteiger partial charge >= 0.3 is 0 Å². The van der Waals surface area contributed by atoms with E-state index in [9.17, 15) is 13.2 Å². The van der Waals surface area contributed by atoms with E-state index in [1.165, 1.54) is 6.07 Å². The molecule has 0 unspecified atom stereocenters. The van der Waals surface area contributed by atoms with Gasteiger partial charge in [-0.05, 0) is 49.1 Å². The van der Waals surface area contributed by atoms with Crippen molar-refractivity contribution in [2.45, 2.75) is 30.1 Å². The largest absolute Gasteiger partial charge is 0.273 e. The maximum Gasteiger partial charge on any atom is 0.264 e. The molecule has 0 heterocycles. The first-order valence-electron chi connectivity index (χ1n) is 7.24. The van der Waals surface area contributed by atoms with Crippen molar-refractivity contribution in [3.05, 3.63) is 64.7 Å². The summed E-state index contributed by atoms with van der Waals surface area (Å²) in [6.45, 7) is 1.70. The summed E-state index contributed by atoms with van der Waals surface area (Å²) in [6, 6.07) is 13.5. The van der Waals surface area contributed by atoms with E-state index in [4.69, 9.17) is 11.6 Å². The number of benzene rings is 2. The predicted octanol–water partition coefficient (Wildman–Crippen LogP) is 3.19. The van der Waals surface area contributed by atoms with Gasteiger partial charge in [-0.3, -0.25) is 4.79 Å². The summed E-state index contributed by atoms with van der Waals surface area (Å²) < 4.78 is 27.2. The molecule has 0 aliphatic heterocycles. The fraction of sp³-hybridized carbons (Fsp3) is 0.235. The summed E-state index contributed by atoms with van der Waals surface area (Å²) in [4.78, 5) is 12.7. The predicted molar refractivity (Wildman–Crippen MR) is 88.9 cm³/mol. The molecule has 1 fully saturated rings. The maximum absolute atomic E-state index is 12.6. The van der Waals surface area contributed by atoms with E-state index in [1.54, 1.807) is 49.4 Å². The highest BCUT2D eigenvalue weighted by atomic mass is 35.5. The maximum atomic E-state index is 12.6. The van der Waals surface area contributed by atoms with Crippen LogP contribution in [0.2, 0.25) is 5.02 Å². The van der Waals surface area contributed by atoms with Gasteiger partial charge in [0.05, 0.1) is 10.3 Å². The Bertz CT molecular complexity index is 856. The Kier molecular flexibility index (Phi) is 3.94. The van der Waals surface area contributed by atoms with E-state index in [-0.39, 0.29) is 4.90 Å². The van der Waals surface area contributed by atoms with Crippen molar-refractivity contribution in [1.82, 2.24) is 4.72 Å². The molecule has 23 heavy (non-hydrogen) atoms. The smallest absolute Gasteiger partial charge is 0.264 e. The number of amides is 1. The van der Waals surface area contributed by atoms with Crippen molar-refractivity contribution < 1.29 is 13.2 Å². The van der Waals surface area contributed by atoms with Crippen LogP contribution in [0.3, 0.4) is 0 Å². The molecule has 1 aliphatic rings. The number of sulfonamides is 1. The van der Waals surface area contributed by atoms with E-state index >= 15 is 0 Å². The molecule has 0 spiro atoms. The number of rotatable bonds is 4. The molecule has 1 N–H and O–H groups in total. The minimum Gasteiger partial charge on any atom is -0.273 e. The number of halogens is 1. The molecule has 0 saturated heterocycles. The number of carbonyl (C=O) groups excluding carboxylic acids is 1. The Labute approximate surface area is 140 Å². The fourth-order valence-corrected chi connectivity index (χ4v) is 4.10. The van der Waals surface area contributed by atoms with Crippen LogP contribution in [-0.2, 0) is 20.2 Å². The third-order valence-electron chi connectivity index (χ3n) is 4.19. The fourth-order valence-electron chi connectivity index (χ4n) is 2.67. The highest BCUT2D eigenvalue weighted by molar-refractivity contribution is 7.90. The van der Waals surface area contributed by atoms with Crippen molar-refractivity contribution in [3.8, 4) is 0 Å². The van der Waals surface area contributed by atoms with Gasteiger partial charge in [-0.15, -0.1) is 0 Å². The Morgan fingerprint density at radius 2 is 1.70 bits per heavy atom. The van der Waals surface area contributed by atoms with E-state index in [0.29, 0.717) is 23.4 Å². The molecule has 1 amide bonds. The molecule has 0 aromatic heterocycles. The second-order valence-electron chi connectivity index (χ2n) is 5.79. The second kappa shape index (κ2) is 5.65. The SMILES string of the molecule is Cc1ccccc1S(=O)(=O)NC(=O)C1(c2ccc(Cl)cc2)CC1. The van der Waals surface area contributed by atoms with Gasteiger partial charge in [0, 0.05) is 5.02 Å². The highest BCUT2D eigenvalue weighted by Gasteiger charge is 2.52. The normalized spacial score (nSPS) is 15.9. The zero-order chi connectivity index (χ0) is 16.7. The van der Waals surface area contributed by atoms with Crippen molar-refractivity contribution in [3.63, 3.8) is 0 Å². The summed E-state index contributed by atoms with van der Waals surface area (Å²) >= 11 is 5.87. The molecule has 0 atom stereocenters. The summed E-state index contributed by atoms with van der Waals surface area (Å²) in [5, 5.41) is 0.581. The highest BCUT2D eigenvalue weighted by Crippen LogP contribution is 2.48. The molecule has 6 heteroatoms. The van der Waals surface area contributed by atoms with Crippen molar-refractivity contribution in [1.29, 1.82) is 0 Å². The van der Waals surface area contributed by atoms with Gasteiger partial charge in [0.15, 0.2) is 0 Å². The molecule has 0 radical (unpaired) electrons. The van der Waals surface area contributed by atoms with Crippen LogP contribution < -0.4 is 4.72 Å². The Morgan fingerprint density at radius 3 is 2.26 bits per heavy atom. The quantitative estimate of drug-likeness (QED) is 0.922. The molecular weight excluding hydrogens is 334 g/mol. The van der Waals surface area contributed by atoms with Crippen LogP contribution in [0.5, 0.6) is 0 Å². The number of hydrogen-bond acceptors (Lipinski definition) is 3. The van der Waals surface area contributed by atoms with Crippen LogP contribution in [0.4, 0.5) is 0 Å². The lowest BCUT2D eigenvalue weighted by Gasteiger charge is -2.16. The molecule has 3 rings (SSSR count). The average molecular weight is 350 g/mol. The van der Waals surface area contributed by atoms with Crippen LogP contribution >= 0.6 is 11.6 Å². The first-order chi connectivity index (χ1) is 10.8. The molecule has 2 aromatic rings. The third kappa shape index (κ3) is 2.99. The Hall–Kier alpha value is -1.85. The minimum absolute atomic E-state index is 0.125. The summed E-state index contributed by atoms with van der Waals surface area (Å²) in [5.74, 6) is -0.483. The third-order valence-corrected chi connectivity index (χ3v) is 5.93. The first-order valence-corrected chi connectivity index (χ1v) is 9.10. The van der Waals surface area contributed by atoms with Crippen LogP contribution in [-0.4, -0.2) is 14.3 Å². The van der Waals surface area contributed by atoms with Crippen molar-refractivity contribution in [2.24, 2.45) is 0 Å². The molecule has 4 nitrogen and oxygen atoms in total. The van der Waals surface area contributed by atoms with Gasteiger partial charge in [-0.1, -0.05) is 41.9 Å². The number of carbonyl (C=O) groups is 1. The van der Waals surface area contributed by atoms with Crippen molar-refractivity contribution in [2.75, 3.05) is 0 Å².